The summed E-state index contributed by atoms with van der Waals surface area (Å²) in [6.07, 6.45) is 0.785. The van der Waals surface area contributed by atoms with Crippen LogP contribution < -0.4 is 5.32 Å². The Morgan fingerprint density at radius 1 is 1.29 bits per heavy atom. The lowest BCUT2D eigenvalue weighted by molar-refractivity contribution is -0.119. The van der Waals surface area contributed by atoms with Gasteiger partial charge < -0.3 is 5.32 Å². The van der Waals surface area contributed by atoms with Gasteiger partial charge in [0.05, 0.1) is 0 Å². The maximum absolute atomic E-state index is 11.0. The molecule has 4 heteroatoms. The Labute approximate surface area is 93.2 Å². The summed E-state index contributed by atoms with van der Waals surface area (Å²) in [5, 5.41) is 2.63. The molecule has 1 rings (SSSR count). The van der Waals surface area contributed by atoms with Crippen molar-refractivity contribution < 1.29 is 4.79 Å². The minimum Gasteiger partial charge on any atom is -0.353 e. The largest absolute Gasteiger partial charge is 0.353 e. The first-order chi connectivity index (χ1) is 6.70. The van der Waals surface area contributed by atoms with Crippen LogP contribution >= 0.6 is 23.2 Å². The van der Waals surface area contributed by atoms with E-state index in [-0.39, 0.29) is 5.91 Å². The highest BCUT2D eigenvalue weighted by Gasteiger charge is 2.09. The smallest absolute Gasteiger partial charge is 0.253 e. The Bertz CT molecular complexity index is 287. The Hall–Kier alpha value is -0.730. The second-order valence-electron chi connectivity index (χ2n) is 2.83. The quantitative estimate of drug-likeness (QED) is 0.792. The van der Waals surface area contributed by atoms with Gasteiger partial charge in [0, 0.05) is 6.54 Å². The third-order valence-electron chi connectivity index (χ3n) is 1.75. The zero-order chi connectivity index (χ0) is 10.4. The molecule has 76 valence electrons. The first-order valence-electron chi connectivity index (χ1n) is 4.30. The molecule has 0 saturated carbocycles. The van der Waals surface area contributed by atoms with Gasteiger partial charge in [-0.05, 0) is 12.0 Å². The molecule has 0 bridgehead atoms. The van der Waals surface area contributed by atoms with Crippen LogP contribution in [0.4, 0.5) is 0 Å². The van der Waals surface area contributed by atoms with Gasteiger partial charge in [-0.3, -0.25) is 4.79 Å². The van der Waals surface area contributed by atoms with Crippen molar-refractivity contribution >= 4 is 29.1 Å². The average molecular weight is 232 g/mol. The molecule has 0 unspecified atom stereocenters. The summed E-state index contributed by atoms with van der Waals surface area (Å²) >= 11 is 10.7. The number of rotatable bonds is 4. The van der Waals surface area contributed by atoms with Crippen molar-refractivity contribution in [3.63, 3.8) is 0 Å². The molecular weight excluding hydrogens is 221 g/mol. The van der Waals surface area contributed by atoms with Gasteiger partial charge in [-0.15, -0.1) is 0 Å². The zero-order valence-corrected chi connectivity index (χ0v) is 9.05. The minimum absolute atomic E-state index is 0.343. The number of nitrogens with one attached hydrogen (secondary N) is 1. The Kier molecular flexibility index (Phi) is 4.77. The molecule has 0 aliphatic rings. The normalized spacial score (nSPS) is 10.2. The summed E-state index contributed by atoms with van der Waals surface area (Å²) < 4.78 is 0. The fraction of sp³-hybridized carbons (Fsp3) is 0.300. The second kappa shape index (κ2) is 5.89. The molecule has 0 saturated heterocycles. The molecule has 0 atom stereocenters. The molecule has 0 aromatic heterocycles. The SMILES string of the molecule is O=C(NCCc1ccccc1)C(Cl)Cl. The molecule has 1 amide bonds. The van der Waals surface area contributed by atoms with E-state index in [9.17, 15) is 4.79 Å². The number of halogens is 2. The van der Waals surface area contributed by atoms with Crippen LogP contribution in [0.5, 0.6) is 0 Å². The predicted molar refractivity (Wildman–Crippen MR) is 58.6 cm³/mol. The molecule has 14 heavy (non-hydrogen) atoms. The van der Waals surface area contributed by atoms with E-state index < -0.39 is 4.84 Å². The van der Waals surface area contributed by atoms with Gasteiger partial charge in [-0.1, -0.05) is 53.5 Å². The Morgan fingerprint density at radius 3 is 2.50 bits per heavy atom. The summed E-state index contributed by atoms with van der Waals surface area (Å²) in [5.41, 5.74) is 1.17. The molecule has 2 nitrogen and oxygen atoms in total. The molecule has 1 aromatic rings. The Morgan fingerprint density at radius 2 is 1.93 bits per heavy atom. The maximum atomic E-state index is 11.0. The zero-order valence-electron chi connectivity index (χ0n) is 7.54. The van der Waals surface area contributed by atoms with Crippen molar-refractivity contribution in [3.05, 3.63) is 35.9 Å². The van der Waals surface area contributed by atoms with E-state index in [1.165, 1.54) is 5.56 Å². The number of hydrogen-bond acceptors (Lipinski definition) is 1. The van der Waals surface area contributed by atoms with E-state index in [1.54, 1.807) is 0 Å². The molecule has 0 heterocycles. The van der Waals surface area contributed by atoms with Gasteiger partial charge in [0.2, 0.25) is 0 Å². The average Bonchev–Trinajstić information content (AvgIpc) is 2.19. The number of benzene rings is 1. The van der Waals surface area contributed by atoms with Crippen molar-refractivity contribution in [1.29, 1.82) is 0 Å². The first-order valence-corrected chi connectivity index (χ1v) is 5.17. The fourth-order valence-corrected chi connectivity index (χ4v) is 1.21. The van der Waals surface area contributed by atoms with E-state index in [2.05, 4.69) is 5.32 Å². The third kappa shape index (κ3) is 3.99. The van der Waals surface area contributed by atoms with Crippen LogP contribution in [-0.4, -0.2) is 17.3 Å². The molecule has 1 N–H and O–H groups in total. The van der Waals surface area contributed by atoms with Crippen LogP contribution in [0.1, 0.15) is 5.56 Å². The minimum atomic E-state index is -0.981. The van der Waals surface area contributed by atoms with Gasteiger partial charge in [-0.2, -0.15) is 0 Å². The van der Waals surface area contributed by atoms with Crippen molar-refractivity contribution in [2.24, 2.45) is 0 Å². The van der Waals surface area contributed by atoms with Gasteiger partial charge in [0.15, 0.2) is 4.84 Å². The number of carbonyl (C=O) groups excluding carboxylic acids is 1. The third-order valence-corrected chi connectivity index (χ3v) is 2.15. The van der Waals surface area contributed by atoms with Crippen molar-refractivity contribution in [1.82, 2.24) is 5.32 Å². The fourth-order valence-electron chi connectivity index (χ4n) is 1.05. The molecule has 0 spiro atoms. The highest BCUT2D eigenvalue weighted by atomic mass is 35.5. The van der Waals surface area contributed by atoms with Crippen molar-refractivity contribution in [3.8, 4) is 0 Å². The monoisotopic (exact) mass is 231 g/mol. The summed E-state index contributed by atoms with van der Waals surface area (Å²) in [6, 6.07) is 9.89. The Balaban J connectivity index is 2.26. The molecule has 1 aromatic carbocycles. The maximum Gasteiger partial charge on any atom is 0.253 e. The highest BCUT2D eigenvalue weighted by Crippen LogP contribution is 2.01. The van der Waals surface area contributed by atoms with Crippen molar-refractivity contribution in [2.45, 2.75) is 11.3 Å². The number of carbonyl (C=O) groups is 1. The van der Waals surface area contributed by atoms with E-state index >= 15 is 0 Å². The topological polar surface area (TPSA) is 29.1 Å². The van der Waals surface area contributed by atoms with E-state index in [1.807, 2.05) is 30.3 Å². The van der Waals surface area contributed by atoms with Gasteiger partial charge in [0.25, 0.3) is 5.91 Å². The van der Waals surface area contributed by atoms with E-state index in [0.29, 0.717) is 6.54 Å². The van der Waals surface area contributed by atoms with Gasteiger partial charge in [-0.25, -0.2) is 0 Å². The number of hydrogen-bond donors (Lipinski definition) is 1. The lowest BCUT2D eigenvalue weighted by atomic mass is 10.1. The summed E-state index contributed by atoms with van der Waals surface area (Å²) in [7, 11) is 0. The van der Waals surface area contributed by atoms with Crippen LogP contribution in [0.2, 0.25) is 0 Å². The molecule has 0 aliphatic heterocycles. The van der Waals surface area contributed by atoms with Crippen LogP contribution in [0, 0.1) is 0 Å². The van der Waals surface area contributed by atoms with E-state index in [4.69, 9.17) is 23.2 Å². The van der Waals surface area contributed by atoms with Crippen LogP contribution in [-0.2, 0) is 11.2 Å². The molecule has 0 aliphatic carbocycles. The van der Waals surface area contributed by atoms with Crippen LogP contribution in [0.3, 0.4) is 0 Å². The summed E-state index contributed by atoms with van der Waals surface area (Å²) in [5.74, 6) is -0.343. The molecular formula is C10H11Cl2NO. The van der Waals surface area contributed by atoms with Gasteiger partial charge in [0.1, 0.15) is 0 Å². The highest BCUT2D eigenvalue weighted by molar-refractivity contribution is 6.53. The summed E-state index contributed by atoms with van der Waals surface area (Å²) in [6.45, 7) is 0.554. The van der Waals surface area contributed by atoms with Crippen LogP contribution in [0.25, 0.3) is 0 Å². The molecule has 0 radical (unpaired) electrons. The number of alkyl halides is 2. The second-order valence-corrected chi connectivity index (χ2v) is 3.92. The number of amides is 1. The van der Waals surface area contributed by atoms with E-state index in [0.717, 1.165) is 6.42 Å². The lowest BCUT2D eigenvalue weighted by Crippen LogP contribution is -2.30. The summed E-state index contributed by atoms with van der Waals surface area (Å²) in [4.78, 5) is 9.98. The van der Waals surface area contributed by atoms with Crippen molar-refractivity contribution in [2.75, 3.05) is 6.54 Å². The molecule has 0 fully saturated rings. The standard InChI is InChI=1S/C10H11Cl2NO/c11-9(12)10(14)13-7-6-8-4-2-1-3-5-8/h1-5,9H,6-7H2,(H,13,14). The first kappa shape index (κ1) is 11.3. The van der Waals surface area contributed by atoms with Crippen LogP contribution in [0.15, 0.2) is 30.3 Å². The van der Waals surface area contributed by atoms with Gasteiger partial charge >= 0.3 is 0 Å². The predicted octanol–water partition coefficient (Wildman–Crippen LogP) is 2.15. The lowest BCUT2D eigenvalue weighted by Gasteiger charge is -2.04.